The first kappa shape index (κ1) is 25.0. The summed E-state index contributed by atoms with van der Waals surface area (Å²) in [7, 11) is 0. The fraction of sp³-hybridized carbons (Fsp3) is 0.500. The third kappa shape index (κ3) is 4.71. The Hall–Kier alpha value is -2.06. The highest BCUT2D eigenvalue weighted by molar-refractivity contribution is 7.25. The number of unbranched alkanes of at least 4 members (excludes halogenated alkanes) is 1. The van der Waals surface area contributed by atoms with Gasteiger partial charge in [0.1, 0.15) is 0 Å². The number of nitrogens with zero attached hydrogens (tertiary/aromatic N) is 1. The van der Waals surface area contributed by atoms with Crippen LogP contribution in [0.5, 0.6) is 0 Å². The monoisotopic (exact) mass is 473 g/mol. The van der Waals surface area contributed by atoms with Gasteiger partial charge in [-0.15, -0.1) is 11.3 Å². The lowest BCUT2D eigenvalue weighted by Gasteiger charge is -2.43. The molecule has 0 N–H and O–H groups in total. The van der Waals surface area contributed by atoms with Crippen LogP contribution in [0, 0.1) is 5.92 Å². The summed E-state index contributed by atoms with van der Waals surface area (Å²) in [6.45, 7) is 18.8. The van der Waals surface area contributed by atoms with Crippen molar-refractivity contribution in [3.8, 4) is 0 Å². The Bertz CT molecular complexity index is 1240. The van der Waals surface area contributed by atoms with E-state index >= 15 is 0 Å². The molecule has 182 valence electrons. The maximum Gasteiger partial charge on any atom is 0.0420 e. The summed E-state index contributed by atoms with van der Waals surface area (Å²) < 4.78 is 2.78. The van der Waals surface area contributed by atoms with Crippen molar-refractivity contribution in [1.82, 2.24) is 0 Å². The fourth-order valence-corrected chi connectivity index (χ4v) is 6.32. The van der Waals surface area contributed by atoms with Gasteiger partial charge in [0.25, 0.3) is 0 Å². The molecule has 1 aliphatic rings. The second kappa shape index (κ2) is 9.53. The molecule has 1 aromatic heterocycles. The number of allylic oxidation sites excluding steroid dienone is 4. The lowest BCUT2D eigenvalue weighted by atomic mass is 9.80. The highest BCUT2D eigenvalue weighted by Gasteiger charge is 2.30. The molecular formula is C32H43NS. The average molecular weight is 474 g/mol. The highest BCUT2D eigenvalue weighted by Crippen LogP contribution is 2.42. The van der Waals surface area contributed by atoms with E-state index in [1.54, 1.807) is 0 Å². The van der Waals surface area contributed by atoms with E-state index < -0.39 is 0 Å². The standard InChI is InChI=1S/C32H43NS/c1-9-11-18-31(5,6)24-13-16-29-27(20-24)28-21-26(15-17-30(28)34-29)33(32(7,8)10-2)25-14-12-22(3)23(4)19-25/h12-17,20-21,23H,9-11,18-19H2,1-8H3. The molecule has 4 rings (SSSR count). The Balaban J connectivity index is 1.84. The number of hydrogen-bond acceptors (Lipinski definition) is 2. The van der Waals surface area contributed by atoms with Crippen molar-refractivity contribution < 1.29 is 0 Å². The molecule has 1 aliphatic carbocycles. The SMILES string of the molecule is CCCCC(C)(C)c1ccc2sc3ccc(N(C4=CC=C(C)C(C)C4)C(C)(C)CC)cc3c2c1. The van der Waals surface area contributed by atoms with Gasteiger partial charge < -0.3 is 4.90 Å². The zero-order valence-corrected chi connectivity index (χ0v) is 23.4. The topological polar surface area (TPSA) is 3.24 Å². The van der Waals surface area contributed by atoms with Crippen molar-refractivity contribution >= 4 is 37.2 Å². The number of anilines is 1. The molecule has 0 spiro atoms. The zero-order valence-electron chi connectivity index (χ0n) is 22.6. The van der Waals surface area contributed by atoms with Gasteiger partial charge in [-0.05, 0) is 93.3 Å². The average Bonchev–Trinajstić information content (AvgIpc) is 3.17. The second-order valence-electron chi connectivity index (χ2n) is 11.7. The normalized spacial score (nSPS) is 17.2. The molecule has 34 heavy (non-hydrogen) atoms. The van der Waals surface area contributed by atoms with Crippen LogP contribution in [0.3, 0.4) is 0 Å². The van der Waals surface area contributed by atoms with E-state index in [2.05, 4.69) is 109 Å². The number of benzene rings is 2. The maximum absolute atomic E-state index is 2.62. The van der Waals surface area contributed by atoms with Crippen molar-refractivity contribution in [2.75, 3.05) is 4.90 Å². The molecule has 1 unspecified atom stereocenters. The van der Waals surface area contributed by atoms with Crippen LogP contribution >= 0.6 is 11.3 Å². The molecule has 1 atom stereocenters. The van der Waals surface area contributed by atoms with Gasteiger partial charge in [-0.2, -0.15) is 0 Å². The Morgan fingerprint density at radius 1 is 0.941 bits per heavy atom. The van der Waals surface area contributed by atoms with Crippen molar-refractivity contribution in [3.63, 3.8) is 0 Å². The summed E-state index contributed by atoms with van der Waals surface area (Å²) in [6.07, 6.45) is 10.6. The summed E-state index contributed by atoms with van der Waals surface area (Å²) in [4.78, 5) is 2.62. The largest absolute Gasteiger partial charge is 0.340 e. The lowest BCUT2D eigenvalue weighted by molar-refractivity contribution is 0.457. The van der Waals surface area contributed by atoms with Crippen LogP contribution in [0.1, 0.15) is 93.1 Å². The predicted octanol–water partition coefficient (Wildman–Crippen LogP) is 10.4. The van der Waals surface area contributed by atoms with E-state index in [0.717, 1.165) is 12.8 Å². The van der Waals surface area contributed by atoms with Crippen LogP contribution in [-0.4, -0.2) is 5.54 Å². The van der Waals surface area contributed by atoms with Gasteiger partial charge in [0, 0.05) is 37.1 Å². The van der Waals surface area contributed by atoms with Crippen molar-refractivity contribution in [2.24, 2.45) is 5.92 Å². The third-order valence-corrected chi connectivity index (χ3v) is 9.39. The first-order valence-corrected chi connectivity index (χ1v) is 14.0. The summed E-state index contributed by atoms with van der Waals surface area (Å²) in [5.41, 5.74) is 5.97. The summed E-state index contributed by atoms with van der Waals surface area (Å²) in [6, 6.07) is 14.4. The molecule has 3 aromatic rings. The second-order valence-corrected chi connectivity index (χ2v) is 12.7. The Kier molecular flexibility index (Phi) is 7.02. The van der Waals surface area contributed by atoms with Crippen LogP contribution in [0.15, 0.2) is 59.8 Å². The first-order valence-electron chi connectivity index (χ1n) is 13.2. The van der Waals surface area contributed by atoms with Gasteiger partial charge in [-0.3, -0.25) is 0 Å². The predicted molar refractivity (Wildman–Crippen MR) is 154 cm³/mol. The van der Waals surface area contributed by atoms with Gasteiger partial charge >= 0.3 is 0 Å². The Labute approximate surface area is 211 Å². The molecule has 0 amide bonds. The quantitative estimate of drug-likeness (QED) is 0.314. The molecule has 0 saturated heterocycles. The van der Waals surface area contributed by atoms with Gasteiger partial charge in [-0.1, -0.05) is 65.2 Å². The van der Waals surface area contributed by atoms with Crippen LogP contribution < -0.4 is 4.90 Å². The van der Waals surface area contributed by atoms with E-state index in [-0.39, 0.29) is 11.0 Å². The van der Waals surface area contributed by atoms with Crippen LogP contribution in [0.4, 0.5) is 5.69 Å². The van der Waals surface area contributed by atoms with Crippen LogP contribution in [0.25, 0.3) is 20.2 Å². The molecule has 2 aromatic carbocycles. The fourth-order valence-electron chi connectivity index (χ4n) is 5.25. The van der Waals surface area contributed by atoms with Crippen molar-refractivity contribution in [1.29, 1.82) is 0 Å². The van der Waals surface area contributed by atoms with Gasteiger partial charge in [-0.25, -0.2) is 0 Å². The molecule has 0 aliphatic heterocycles. The van der Waals surface area contributed by atoms with E-state index in [1.165, 1.54) is 62.0 Å². The molecule has 2 heteroatoms. The van der Waals surface area contributed by atoms with Gasteiger partial charge in [0.05, 0.1) is 0 Å². The van der Waals surface area contributed by atoms with E-state index in [4.69, 9.17) is 0 Å². The highest BCUT2D eigenvalue weighted by atomic mass is 32.1. The summed E-state index contributed by atoms with van der Waals surface area (Å²) in [5.74, 6) is 0.591. The first-order chi connectivity index (χ1) is 16.1. The molecule has 0 bridgehead atoms. The van der Waals surface area contributed by atoms with Crippen LogP contribution in [-0.2, 0) is 5.41 Å². The smallest absolute Gasteiger partial charge is 0.0420 e. The number of fused-ring (bicyclic) bond motifs is 3. The minimum absolute atomic E-state index is 0.0530. The molecular weight excluding hydrogens is 430 g/mol. The molecule has 0 radical (unpaired) electrons. The van der Waals surface area contributed by atoms with E-state index in [1.807, 2.05) is 11.3 Å². The van der Waals surface area contributed by atoms with Gasteiger partial charge in [0.2, 0.25) is 0 Å². The number of hydrogen-bond donors (Lipinski definition) is 0. The maximum atomic E-state index is 2.62. The van der Waals surface area contributed by atoms with Gasteiger partial charge in [0.15, 0.2) is 0 Å². The van der Waals surface area contributed by atoms with Crippen molar-refractivity contribution in [3.05, 3.63) is 65.4 Å². The van der Waals surface area contributed by atoms with E-state index in [9.17, 15) is 0 Å². The zero-order chi connectivity index (χ0) is 24.7. The minimum Gasteiger partial charge on any atom is -0.340 e. The van der Waals surface area contributed by atoms with Crippen LogP contribution in [0.2, 0.25) is 0 Å². The lowest BCUT2D eigenvalue weighted by Crippen LogP contribution is -2.43. The molecule has 1 nitrogen and oxygen atoms in total. The summed E-state index contributed by atoms with van der Waals surface area (Å²) in [5, 5.41) is 2.82. The Morgan fingerprint density at radius 3 is 2.26 bits per heavy atom. The molecule has 1 heterocycles. The van der Waals surface area contributed by atoms with E-state index in [0.29, 0.717) is 5.92 Å². The Morgan fingerprint density at radius 2 is 1.62 bits per heavy atom. The summed E-state index contributed by atoms with van der Waals surface area (Å²) >= 11 is 1.93. The number of rotatable bonds is 8. The minimum atomic E-state index is 0.0530. The molecule has 0 fully saturated rings. The third-order valence-electron chi connectivity index (χ3n) is 8.24. The number of thiophene rings is 1. The van der Waals surface area contributed by atoms with Crippen molar-refractivity contribution in [2.45, 2.75) is 98.4 Å². The molecule has 0 saturated carbocycles.